The molecule has 0 spiro atoms. The maximum atomic E-state index is 10.9. The Kier molecular flexibility index (Phi) is 3.52. The Morgan fingerprint density at radius 1 is 1.45 bits per heavy atom. The van der Waals surface area contributed by atoms with Crippen LogP contribution in [0.3, 0.4) is 0 Å². The van der Waals surface area contributed by atoms with Crippen LogP contribution in [0, 0.1) is 0 Å². The zero-order valence-corrected chi connectivity index (χ0v) is 11.2. The van der Waals surface area contributed by atoms with Gasteiger partial charge in [0.15, 0.2) is 23.8 Å². The Morgan fingerprint density at radius 3 is 2.91 bits per heavy atom. The summed E-state index contributed by atoms with van der Waals surface area (Å²) >= 11 is 0. The fourth-order valence-corrected chi connectivity index (χ4v) is 2.43. The highest BCUT2D eigenvalue weighted by molar-refractivity contribution is 5.81. The second-order valence-electron chi connectivity index (χ2n) is 4.72. The van der Waals surface area contributed by atoms with E-state index in [4.69, 9.17) is 20.9 Å². The number of fused-ring (bicyclic) bond motifs is 1. The van der Waals surface area contributed by atoms with Gasteiger partial charge in [0, 0.05) is 0 Å². The lowest BCUT2D eigenvalue weighted by Crippen LogP contribution is -2.39. The number of ether oxygens (including phenoxy) is 2. The van der Waals surface area contributed by atoms with Crippen molar-refractivity contribution in [1.29, 1.82) is 0 Å². The maximum Gasteiger partial charge on any atom is 0.404 e. The van der Waals surface area contributed by atoms with Crippen LogP contribution in [0.4, 0.5) is 10.6 Å². The predicted molar refractivity (Wildman–Crippen MR) is 71.2 cm³/mol. The second-order valence-corrected chi connectivity index (χ2v) is 4.72. The van der Waals surface area contributed by atoms with Crippen LogP contribution < -0.4 is 11.5 Å². The van der Waals surface area contributed by atoms with Gasteiger partial charge in [-0.25, -0.2) is 19.7 Å². The van der Waals surface area contributed by atoms with Crippen LogP contribution in [0.5, 0.6) is 0 Å². The third-order valence-corrected chi connectivity index (χ3v) is 3.40. The zero-order chi connectivity index (χ0) is 15.9. The van der Waals surface area contributed by atoms with Crippen LogP contribution in [-0.4, -0.2) is 60.7 Å². The number of nitrogens with two attached hydrogens (primary N) is 2. The summed E-state index contributed by atoms with van der Waals surface area (Å²) in [6.45, 7) is -0.463. The van der Waals surface area contributed by atoms with Crippen molar-refractivity contribution in [2.24, 2.45) is 5.73 Å². The van der Waals surface area contributed by atoms with Crippen molar-refractivity contribution < 1.29 is 24.5 Å². The molecule has 1 aliphatic heterocycles. The third kappa shape index (κ3) is 2.20. The predicted octanol–water partition coefficient (Wildman–Crippen LogP) is -1.88. The minimum absolute atomic E-state index is 0.180. The molecule has 1 saturated heterocycles. The van der Waals surface area contributed by atoms with E-state index in [0.717, 1.165) is 0 Å². The first kappa shape index (κ1) is 14.4. The summed E-state index contributed by atoms with van der Waals surface area (Å²) in [5.74, 6) is 0.180. The first-order valence-corrected chi connectivity index (χ1v) is 6.36. The first-order valence-electron chi connectivity index (χ1n) is 6.36. The van der Waals surface area contributed by atoms with Crippen LogP contribution in [-0.2, 0) is 9.47 Å². The van der Waals surface area contributed by atoms with Crippen LogP contribution in [0.1, 0.15) is 6.23 Å². The maximum absolute atomic E-state index is 10.9. The minimum Gasteiger partial charge on any atom is -0.441 e. The van der Waals surface area contributed by atoms with E-state index in [1.165, 1.54) is 17.2 Å². The van der Waals surface area contributed by atoms with Crippen LogP contribution in [0.25, 0.3) is 11.2 Å². The van der Waals surface area contributed by atoms with Crippen molar-refractivity contribution in [1.82, 2.24) is 19.5 Å². The van der Waals surface area contributed by atoms with Gasteiger partial charge in [-0.05, 0) is 0 Å². The molecule has 22 heavy (non-hydrogen) atoms. The Labute approximate surface area is 123 Å². The number of carbonyl (C=O) groups excluding carboxylic acids is 1. The summed E-state index contributed by atoms with van der Waals surface area (Å²) in [6.07, 6.45) is -2.73. The van der Waals surface area contributed by atoms with Gasteiger partial charge in [-0.3, -0.25) is 4.57 Å². The van der Waals surface area contributed by atoms with E-state index in [-0.39, 0.29) is 5.82 Å². The summed E-state index contributed by atoms with van der Waals surface area (Å²) < 4.78 is 11.7. The molecule has 1 aliphatic rings. The van der Waals surface area contributed by atoms with Gasteiger partial charge in [0.05, 0.1) is 12.9 Å². The topological polar surface area (TPSA) is 172 Å². The van der Waals surface area contributed by atoms with E-state index in [2.05, 4.69) is 15.0 Å². The van der Waals surface area contributed by atoms with Crippen LogP contribution >= 0.6 is 0 Å². The molecule has 11 nitrogen and oxygen atoms in total. The van der Waals surface area contributed by atoms with E-state index in [1.807, 2.05) is 0 Å². The average molecular weight is 310 g/mol. The Balaban J connectivity index is 1.97. The molecule has 4 atom stereocenters. The van der Waals surface area contributed by atoms with Crippen molar-refractivity contribution in [2.75, 3.05) is 12.3 Å². The Bertz CT molecular complexity index is 705. The summed E-state index contributed by atoms with van der Waals surface area (Å²) in [4.78, 5) is 22.8. The van der Waals surface area contributed by atoms with Gasteiger partial charge in [0.2, 0.25) is 0 Å². The molecule has 3 rings (SSSR count). The van der Waals surface area contributed by atoms with Crippen LogP contribution in [0.15, 0.2) is 12.7 Å². The summed E-state index contributed by atoms with van der Waals surface area (Å²) in [5.41, 5.74) is 11.3. The van der Waals surface area contributed by atoms with Gasteiger partial charge in [-0.1, -0.05) is 0 Å². The van der Waals surface area contributed by atoms with Gasteiger partial charge in [0.25, 0.3) is 0 Å². The number of anilines is 1. The van der Waals surface area contributed by atoms with E-state index in [0.29, 0.717) is 11.2 Å². The number of hydrogen-bond acceptors (Lipinski definition) is 9. The van der Waals surface area contributed by atoms with Crippen molar-refractivity contribution in [3.8, 4) is 0 Å². The van der Waals surface area contributed by atoms with Gasteiger partial charge in [-0.15, -0.1) is 0 Å². The Morgan fingerprint density at radius 2 is 2.23 bits per heavy atom. The molecular weight excluding hydrogens is 296 g/mol. The zero-order valence-electron chi connectivity index (χ0n) is 11.2. The standard InChI is InChI=1S/C11H14N6O5/c12-8-5-9(15-2-14-8)17(3-16-5)10-6(19)7(22-11(13)20)4(1-18)21-10/h2-4,6-7,10,18-19H,1H2,(H2,13,20)(H2,12,14,15)/t4-,6-,7-,10-/m1/s1. The lowest BCUT2D eigenvalue weighted by atomic mass is 10.1. The molecule has 1 amide bonds. The van der Waals surface area contributed by atoms with Crippen LogP contribution in [0.2, 0.25) is 0 Å². The quantitative estimate of drug-likeness (QED) is 0.506. The number of aliphatic hydroxyl groups is 2. The van der Waals surface area contributed by atoms with E-state index in [1.54, 1.807) is 0 Å². The molecule has 1 fully saturated rings. The van der Waals surface area contributed by atoms with Crippen molar-refractivity contribution in [2.45, 2.75) is 24.5 Å². The number of hydrogen-bond donors (Lipinski definition) is 4. The molecule has 2 aromatic heterocycles. The lowest BCUT2D eigenvalue weighted by Gasteiger charge is -2.18. The molecule has 0 unspecified atom stereocenters. The first-order chi connectivity index (χ1) is 10.5. The number of nitrogens with zero attached hydrogens (tertiary/aromatic N) is 4. The fourth-order valence-electron chi connectivity index (χ4n) is 2.43. The third-order valence-electron chi connectivity index (χ3n) is 3.40. The number of rotatable bonds is 3. The van der Waals surface area contributed by atoms with Crippen molar-refractivity contribution in [3.05, 3.63) is 12.7 Å². The van der Waals surface area contributed by atoms with E-state index < -0.39 is 37.2 Å². The average Bonchev–Trinajstić information content (AvgIpc) is 3.02. The molecule has 0 aliphatic carbocycles. The number of carbonyl (C=O) groups is 1. The van der Waals surface area contributed by atoms with E-state index in [9.17, 15) is 15.0 Å². The molecule has 3 heterocycles. The SMILES string of the molecule is NC(=O)O[C@H]1[C@@H](O)[C@H](n2cnc3c(N)ncnc32)O[C@@H]1CO. The van der Waals surface area contributed by atoms with Crippen molar-refractivity contribution in [3.63, 3.8) is 0 Å². The molecular formula is C11H14N6O5. The highest BCUT2D eigenvalue weighted by Gasteiger charge is 2.47. The fraction of sp³-hybridized carbons (Fsp3) is 0.455. The number of aliphatic hydroxyl groups excluding tert-OH is 2. The molecule has 11 heteroatoms. The number of imidazole rings is 1. The highest BCUT2D eigenvalue weighted by Crippen LogP contribution is 2.33. The van der Waals surface area contributed by atoms with E-state index >= 15 is 0 Å². The van der Waals surface area contributed by atoms with Gasteiger partial charge >= 0.3 is 6.09 Å². The molecule has 0 aromatic carbocycles. The van der Waals surface area contributed by atoms with Gasteiger partial charge < -0.3 is 31.2 Å². The number of aromatic nitrogens is 4. The summed E-state index contributed by atoms with van der Waals surface area (Å²) in [7, 11) is 0. The second kappa shape index (κ2) is 5.36. The number of nitrogen functional groups attached to an aromatic ring is 1. The van der Waals surface area contributed by atoms with Gasteiger partial charge in [0.1, 0.15) is 24.1 Å². The molecule has 6 N–H and O–H groups in total. The van der Waals surface area contributed by atoms with Gasteiger partial charge in [-0.2, -0.15) is 0 Å². The lowest BCUT2D eigenvalue weighted by molar-refractivity contribution is -0.0515. The molecule has 0 radical (unpaired) electrons. The molecule has 2 aromatic rings. The minimum atomic E-state index is -1.27. The summed E-state index contributed by atoms with van der Waals surface area (Å²) in [5, 5.41) is 19.6. The smallest absolute Gasteiger partial charge is 0.404 e. The molecule has 0 saturated carbocycles. The van der Waals surface area contributed by atoms with Crippen molar-refractivity contribution >= 4 is 23.1 Å². The number of amides is 1. The number of primary amides is 1. The monoisotopic (exact) mass is 310 g/mol. The largest absolute Gasteiger partial charge is 0.441 e. The Hall–Kier alpha value is -2.50. The normalized spacial score (nSPS) is 28.1. The molecule has 0 bridgehead atoms. The highest BCUT2D eigenvalue weighted by atomic mass is 16.6. The molecule has 118 valence electrons. The summed E-state index contributed by atoms with van der Waals surface area (Å²) in [6, 6.07) is 0.